The molecule has 88 valence electrons. The molecule has 1 aliphatic rings. The second kappa shape index (κ2) is 4.52. The summed E-state index contributed by atoms with van der Waals surface area (Å²) in [6.07, 6.45) is 3.16. The van der Waals surface area contributed by atoms with Crippen molar-refractivity contribution in [1.29, 1.82) is 0 Å². The summed E-state index contributed by atoms with van der Waals surface area (Å²) in [6, 6.07) is 0. The molecule has 3 nitrogen and oxygen atoms in total. The zero-order chi connectivity index (χ0) is 11.6. The van der Waals surface area contributed by atoms with E-state index >= 15 is 0 Å². The Hall–Kier alpha value is -0.570. The molecule has 15 heavy (non-hydrogen) atoms. The number of carbonyl (C=O) groups is 1. The largest absolute Gasteiger partial charge is 0.481 e. The minimum atomic E-state index is -1.00. The summed E-state index contributed by atoms with van der Waals surface area (Å²) >= 11 is 0. The van der Waals surface area contributed by atoms with Crippen LogP contribution in [0.2, 0.25) is 0 Å². The van der Waals surface area contributed by atoms with Gasteiger partial charge in [-0.05, 0) is 31.1 Å². The molecule has 0 radical (unpaired) electrons. The average Bonchev–Trinajstić information content (AvgIpc) is 2.12. The molecule has 0 aliphatic heterocycles. The molecule has 0 amide bonds. The van der Waals surface area contributed by atoms with Crippen LogP contribution in [0.25, 0.3) is 0 Å². The van der Waals surface area contributed by atoms with Gasteiger partial charge in [0.2, 0.25) is 0 Å². The summed E-state index contributed by atoms with van der Waals surface area (Å²) < 4.78 is 0. The van der Waals surface area contributed by atoms with E-state index in [9.17, 15) is 9.90 Å². The predicted octanol–water partition coefficient (Wildman–Crippen LogP) is 2.28. The van der Waals surface area contributed by atoms with Gasteiger partial charge in [-0.15, -0.1) is 0 Å². The highest BCUT2D eigenvalue weighted by Gasteiger charge is 2.47. The van der Waals surface area contributed by atoms with Crippen LogP contribution in [0.15, 0.2) is 0 Å². The van der Waals surface area contributed by atoms with E-state index in [0.29, 0.717) is 18.8 Å². The Morgan fingerprint density at radius 2 is 2.07 bits per heavy atom. The van der Waals surface area contributed by atoms with Crippen LogP contribution in [0.4, 0.5) is 0 Å². The van der Waals surface area contributed by atoms with Crippen LogP contribution in [-0.4, -0.2) is 21.8 Å². The van der Waals surface area contributed by atoms with Gasteiger partial charge in [-0.2, -0.15) is 0 Å². The number of aliphatic hydroxyl groups is 1. The summed E-state index contributed by atoms with van der Waals surface area (Å²) in [5.41, 5.74) is -1.00. The van der Waals surface area contributed by atoms with Gasteiger partial charge in [-0.25, -0.2) is 0 Å². The van der Waals surface area contributed by atoms with E-state index in [4.69, 9.17) is 5.11 Å². The van der Waals surface area contributed by atoms with Crippen LogP contribution in [0, 0.1) is 17.8 Å². The second-order valence-electron chi connectivity index (χ2n) is 5.08. The number of rotatable bonds is 3. The van der Waals surface area contributed by atoms with Crippen LogP contribution in [-0.2, 0) is 4.79 Å². The molecule has 4 atom stereocenters. The minimum Gasteiger partial charge on any atom is -0.481 e. The molecule has 0 heterocycles. The van der Waals surface area contributed by atoms with Crippen molar-refractivity contribution in [2.24, 2.45) is 17.8 Å². The Labute approximate surface area is 91.5 Å². The highest BCUT2D eigenvalue weighted by Crippen LogP contribution is 2.42. The molecule has 1 aliphatic carbocycles. The standard InChI is InChI=1S/C12H22O3/c1-4-10(11(13)14)12(15)7-8(2)5-6-9(12)3/h8-10,15H,4-7H2,1-3H3,(H,13,14). The van der Waals surface area contributed by atoms with Crippen LogP contribution < -0.4 is 0 Å². The molecule has 0 aromatic carbocycles. The lowest BCUT2D eigenvalue weighted by Crippen LogP contribution is -2.50. The lowest BCUT2D eigenvalue weighted by Gasteiger charge is -2.44. The fraction of sp³-hybridized carbons (Fsp3) is 0.917. The first-order valence-corrected chi connectivity index (χ1v) is 5.87. The first-order chi connectivity index (χ1) is 6.91. The third-order valence-electron chi connectivity index (χ3n) is 3.93. The van der Waals surface area contributed by atoms with Gasteiger partial charge in [0.15, 0.2) is 0 Å². The predicted molar refractivity (Wildman–Crippen MR) is 58.5 cm³/mol. The van der Waals surface area contributed by atoms with E-state index in [1.807, 2.05) is 13.8 Å². The molecule has 0 spiro atoms. The molecular formula is C12H22O3. The molecule has 0 aromatic heterocycles. The summed E-state index contributed by atoms with van der Waals surface area (Å²) in [6.45, 7) is 5.89. The second-order valence-corrected chi connectivity index (χ2v) is 5.08. The van der Waals surface area contributed by atoms with E-state index < -0.39 is 17.5 Å². The van der Waals surface area contributed by atoms with Crippen molar-refractivity contribution >= 4 is 5.97 Å². The topological polar surface area (TPSA) is 57.5 Å². The van der Waals surface area contributed by atoms with Crippen molar-refractivity contribution in [1.82, 2.24) is 0 Å². The summed E-state index contributed by atoms with van der Waals surface area (Å²) in [7, 11) is 0. The van der Waals surface area contributed by atoms with Crippen molar-refractivity contribution in [3.63, 3.8) is 0 Å². The van der Waals surface area contributed by atoms with E-state index in [0.717, 1.165) is 12.8 Å². The minimum absolute atomic E-state index is 0.0924. The molecule has 3 heteroatoms. The van der Waals surface area contributed by atoms with E-state index in [2.05, 4.69) is 6.92 Å². The Bertz CT molecular complexity index is 239. The number of hydrogen-bond donors (Lipinski definition) is 2. The van der Waals surface area contributed by atoms with Crippen LogP contribution in [0.1, 0.15) is 46.5 Å². The molecule has 0 aromatic rings. The highest BCUT2D eigenvalue weighted by atomic mass is 16.4. The van der Waals surface area contributed by atoms with Gasteiger partial charge in [0.05, 0.1) is 11.5 Å². The average molecular weight is 214 g/mol. The van der Waals surface area contributed by atoms with Gasteiger partial charge >= 0.3 is 5.97 Å². The van der Waals surface area contributed by atoms with Gasteiger partial charge in [0, 0.05) is 0 Å². The van der Waals surface area contributed by atoms with E-state index in [1.165, 1.54) is 0 Å². The smallest absolute Gasteiger partial charge is 0.309 e. The molecular weight excluding hydrogens is 192 g/mol. The fourth-order valence-corrected chi connectivity index (χ4v) is 2.87. The number of carboxylic acid groups (broad SMARTS) is 1. The molecule has 0 saturated heterocycles. The number of hydrogen-bond acceptors (Lipinski definition) is 2. The lowest BCUT2D eigenvalue weighted by molar-refractivity contribution is -0.163. The first kappa shape index (κ1) is 12.5. The van der Waals surface area contributed by atoms with Gasteiger partial charge in [-0.3, -0.25) is 4.79 Å². The van der Waals surface area contributed by atoms with Crippen molar-refractivity contribution in [2.45, 2.75) is 52.1 Å². The summed E-state index contributed by atoms with van der Waals surface area (Å²) in [5, 5.41) is 19.7. The van der Waals surface area contributed by atoms with Crippen molar-refractivity contribution < 1.29 is 15.0 Å². The normalized spacial score (nSPS) is 38.7. The Balaban J connectivity index is 2.89. The Kier molecular flexibility index (Phi) is 3.77. The fourth-order valence-electron chi connectivity index (χ4n) is 2.87. The highest BCUT2D eigenvalue weighted by molar-refractivity contribution is 5.71. The third-order valence-corrected chi connectivity index (χ3v) is 3.93. The van der Waals surface area contributed by atoms with E-state index in [1.54, 1.807) is 0 Å². The summed E-state index contributed by atoms with van der Waals surface area (Å²) in [4.78, 5) is 11.1. The molecule has 1 rings (SSSR count). The molecule has 0 bridgehead atoms. The van der Waals surface area contributed by atoms with Gasteiger partial charge in [0.1, 0.15) is 0 Å². The van der Waals surface area contributed by atoms with Gasteiger partial charge in [0.25, 0.3) is 0 Å². The van der Waals surface area contributed by atoms with Gasteiger partial charge in [-0.1, -0.05) is 27.2 Å². The van der Waals surface area contributed by atoms with Crippen molar-refractivity contribution in [2.75, 3.05) is 0 Å². The van der Waals surface area contributed by atoms with Crippen LogP contribution in [0.5, 0.6) is 0 Å². The zero-order valence-corrected chi connectivity index (χ0v) is 9.86. The quantitative estimate of drug-likeness (QED) is 0.757. The Morgan fingerprint density at radius 3 is 2.53 bits per heavy atom. The molecule has 1 fully saturated rings. The SMILES string of the molecule is CCC(C(=O)O)C1(O)CC(C)CCC1C. The number of aliphatic carboxylic acids is 1. The molecule has 2 N–H and O–H groups in total. The van der Waals surface area contributed by atoms with E-state index in [-0.39, 0.29) is 5.92 Å². The zero-order valence-electron chi connectivity index (χ0n) is 9.86. The molecule has 1 saturated carbocycles. The third kappa shape index (κ3) is 2.33. The van der Waals surface area contributed by atoms with Crippen LogP contribution in [0.3, 0.4) is 0 Å². The molecule has 4 unspecified atom stereocenters. The lowest BCUT2D eigenvalue weighted by atomic mass is 9.65. The van der Waals surface area contributed by atoms with Crippen molar-refractivity contribution in [3.8, 4) is 0 Å². The maximum atomic E-state index is 11.1. The Morgan fingerprint density at radius 1 is 1.47 bits per heavy atom. The van der Waals surface area contributed by atoms with Gasteiger partial charge < -0.3 is 10.2 Å². The maximum Gasteiger partial charge on any atom is 0.309 e. The van der Waals surface area contributed by atoms with Crippen molar-refractivity contribution in [3.05, 3.63) is 0 Å². The number of carboxylic acids is 1. The van der Waals surface area contributed by atoms with Crippen LogP contribution >= 0.6 is 0 Å². The first-order valence-electron chi connectivity index (χ1n) is 5.87. The maximum absolute atomic E-state index is 11.1. The monoisotopic (exact) mass is 214 g/mol. The summed E-state index contributed by atoms with van der Waals surface area (Å²) in [5.74, 6) is -0.953.